The number of likely N-dealkylation sites (tertiary alicyclic amines) is 2. The van der Waals surface area contributed by atoms with Crippen LogP contribution < -0.4 is 16.8 Å². The van der Waals surface area contributed by atoms with Crippen molar-refractivity contribution in [2.45, 2.75) is 63.7 Å². The Kier molecular flexibility index (Phi) is 9.78. The molecule has 2 saturated heterocycles. The monoisotopic (exact) mass is 517 g/mol. The summed E-state index contributed by atoms with van der Waals surface area (Å²) >= 11 is 1.56. The Morgan fingerprint density at radius 1 is 1.19 bits per heavy atom. The van der Waals surface area contributed by atoms with Crippen molar-refractivity contribution >= 4 is 35.4 Å². The standard InChI is InChI=1S/C26H39N5O4S/c1-16(2)13-21(24(33)29-20(23(28)32)10-12-36-3)31-15-18-9-11-30(22(18)26(31)35)25(34)19(27)14-17-7-5-4-6-8-17/h4-8,16,18-22H,9-15,27H2,1-3H3,(H2,28,32)(H,29,33)/t18-,19+,20+,21+,22-/m1/s1. The van der Waals surface area contributed by atoms with Gasteiger partial charge in [-0.3, -0.25) is 19.2 Å². The van der Waals surface area contributed by atoms with Gasteiger partial charge in [0, 0.05) is 19.0 Å². The quantitative estimate of drug-likeness (QED) is 0.374. The van der Waals surface area contributed by atoms with Gasteiger partial charge < -0.3 is 26.6 Å². The molecular weight excluding hydrogens is 478 g/mol. The Labute approximate surface area is 217 Å². The molecule has 0 aromatic heterocycles. The van der Waals surface area contributed by atoms with Crippen molar-refractivity contribution in [3.63, 3.8) is 0 Å². The molecular formula is C26H39N5O4S. The van der Waals surface area contributed by atoms with Crippen LogP contribution >= 0.6 is 11.8 Å². The van der Waals surface area contributed by atoms with Gasteiger partial charge >= 0.3 is 0 Å². The minimum atomic E-state index is -0.786. The van der Waals surface area contributed by atoms with E-state index in [1.165, 1.54) is 0 Å². The number of fused-ring (bicyclic) bond motifs is 1. The highest BCUT2D eigenvalue weighted by Gasteiger charge is 2.52. The Morgan fingerprint density at radius 3 is 2.50 bits per heavy atom. The third kappa shape index (κ3) is 6.59. The number of nitrogens with one attached hydrogen (secondary N) is 1. The fourth-order valence-corrected chi connectivity index (χ4v) is 5.67. The maximum atomic E-state index is 13.6. The molecule has 10 heteroatoms. The van der Waals surface area contributed by atoms with Crippen molar-refractivity contribution in [3.05, 3.63) is 35.9 Å². The number of amides is 4. The number of hydrogen-bond donors (Lipinski definition) is 3. The van der Waals surface area contributed by atoms with E-state index in [2.05, 4.69) is 5.32 Å². The summed E-state index contributed by atoms with van der Waals surface area (Å²) in [5.74, 6) is -0.651. The maximum Gasteiger partial charge on any atom is 0.246 e. The number of nitrogens with two attached hydrogens (primary N) is 2. The van der Waals surface area contributed by atoms with Gasteiger partial charge in [-0.05, 0) is 49.2 Å². The number of rotatable bonds is 12. The largest absolute Gasteiger partial charge is 0.368 e. The van der Waals surface area contributed by atoms with E-state index in [1.54, 1.807) is 21.6 Å². The molecule has 2 aliphatic rings. The Morgan fingerprint density at radius 2 is 1.89 bits per heavy atom. The highest BCUT2D eigenvalue weighted by molar-refractivity contribution is 7.98. The molecule has 36 heavy (non-hydrogen) atoms. The molecule has 0 radical (unpaired) electrons. The fraction of sp³-hybridized carbons (Fsp3) is 0.615. The predicted octanol–water partition coefficient (Wildman–Crippen LogP) is 0.754. The summed E-state index contributed by atoms with van der Waals surface area (Å²) in [5, 5.41) is 2.78. The van der Waals surface area contributed by atoms with E-state index < -0.39 is 30.1 Å². The molecule has 0 unspecified atom stereocenters. The van der Waals surface area contributed by atoms with Crippen LogP contribution in [0.4, 0.5) is 0 Å². The van der Waals surface area contributed by atoms with E-state index in [9.17, 15) is 19.2 Å². The van der Waals surface area contributed by atoms with Crippen molar-refractivity contribution < 1.29 is 19.2 Å². The number of carbonyl (C=O) groups is 4. The highest BCUT2D eigenvalue weighted by Crippen LogP contribution is 2.35. The lowest BCUT2D eigenvalue weighted by atomic mass is 10.0. The minimum Gasteiger partial charge on any atom is -0.368 e. The first-order chi connectivity index (χ1) is 17.1. The maximum absolute atomic E-state index is 13.6. The first-order valence-corrected chi connectivity index (χ1v) is 14.0. The van der Waals surface area contributed by atoms with Gasteiger partial charge in [-0.2, -0.15) is 11.8 Å². The number of benzene rings is 1. The summed E-state index contributed by atoms with van der Waals surface area (Å²) in [4.78, 5) is 55.3. The number of thioether (sulfide) groups is 1. The summed E-state index contributed by atoms with van der Waals surface area (Å²) in [6.07, 6.45) is 3.88. The molecule has 0 saturated carbocycles. The SMILES string of the molecule is CSCC[C@H](NC(=O)[C@H](CC(C)C)N1C[C@H]2CCN(C(=O)[C@@H](N)Cc3ccccc3)[C@H]2C1=O)C(N)=O. The van der Waals surface area contributed by atoms with Crippen LogP contribution in [0, 0.1) is 11.8 Å². The van der Waals surface area contributed by atoms with Crippen LogP contribution in [0.25, 0.3) is 0 Å². The van der Waals surface area contributed by atoms with Gasteiger partial charge in [0.25, 0.3) is 0 Å². The van der Waals surface area contributed by atoms with Crippen LogP contribution in [0.3, 0.4) is 0 Å². The Bertz CT molecular complexity index is 944. The third-order valence-corrected chi connectivity index (χ3v) is 7.68. The molecule has 9 nitrogen and oxygen atoms in total. The fourth-order valence-electron chi connectivity index (χ4n) is 5.20. The predicted molar refractivity (Wildman–Crippen MR) is 141 cm³/mol. The van der Waals surface area contributed by atoms with Crippen LogP contribution in [-0.4, -0.2) is 82.7 Å². The summed E-state index contributed by atoms with van der Waals surface area (Å²) in [5.41, 5.74) is 12.7. The van der Waals surface area contributed by atoms with Gasteiger partial charge in [-0.1, -0.05) is 44.2 Å². The first kappa shape index (κ1) is 28.0. The zero-order valence-electron chi connectivity index (χ0n) is 21.4. The first-order valence-electron chi connectivity index (χ1n) is 12.6. The van der Waals surface area contributed by atoms with Crippen LogP contribution in [0.5, 0.6) is 0 Å². The molecule has 198 valence electrons. The van der Waals surface area contributed by atoms with Gasteiger partial charge in [0.15, 0.2) is 0 Å². The van der Waals surface area contributed by atoms with Crippen molar-refractivity contribution in [1.82, 2.24) is 15.1 Å². The van der Waals surface area contributed by atoms with Crippen molar-refractivity contribution in [2.75, 3.05) is 25.1 Å². The smallest absolute Gasteiger partial charge is 0.246 e. The molecule has 3 rings (SSSR count). The molecule has 2 heterocycles. The normalized spacial score (nSPS) is 21.9. The molecule has 4 amide bonds. The van der Waals surface area contributed by atoms with E-state index in [1.807, 2.05) is 50.4 Å². The highest BCUT2D eigenvalue weighted by atomic mass is 32.2. The second-order valence-electron chi connectivity index (χ2n) is 10.2. The van der Waals surface area contributed by atoms with E-state index in [0.717, 1.165) is 5.56 Å². The average Bonchev–Trinajstić information content (AvgIpc) is 3.40. The topological polar surface area (TPSA) is 139 Å². The molecule has 2 fully saturated rings. The van der Waals surface area contributed by atoms with E-state index in [4.69, 9.17) is 11.5 Å². The van der Waals surface area contributed by atoms with Gasteiger partial charge in [-0.15, -0.1) is 0 Å². The number of primary amides is 1. The number of carbonyl (C=O) groups excluding carboxylic acids is 4. The summed E-state index contributed by atoms with van der Waals surface area (Å²) in [6, 6.07) is 6.71. The zero-order chi connectivity index (χ0) is 26.4. The molecule has 2 aliphatic heterocycles. The molecule has 5 atom stereocenters. The summed E-state index contributed by atoms with van der Waals surface area (Å²) < 4.78 is 0. The van der Waals surface area contributed by atoms with Crippen LogP contribution in [0.15, 0.2) is 30.3 Å². The van der Waals surface area contributed by atoms with Gasteiger partial charge in [-0.25, -0.2) is 0 Å². The van der Waals surface area contributed by atoms with E-state index >= 15 is 0 Å². The Balaban J connectivity index is 1.73. The van der Waals surface area contributed by atoms with Crippen molar-refractivity contribution in [3.8, 4) is 0 Å². The van der Waals surface area contributed by atoms with Crippen LogP contribution in [0.2, 0.25) is 0 Å². The van der Waals surface area contributed by atoms with Gasteiger partial charge in [0.2, 0.25) is 23.6 Å². The minimum absolute atomic E-state index is 0.0451. The second-order valence-corrected chi connectivity index (χ2v) is 11.2. The molecule has 1 aromatic carbocycles. The van der Waals surface area contributed by atoms with Crippen molar-refractivity contribution in [2.24, 2.45) is 23.3 Å². The lowest BCUT2D eigenvalue weighted by Crippen LogP contribution is -2.56. The summed E-state index contributed by atoms with van der Waals surface area (Å²) in [7, 11) is 0. The lowest BCUT2D eigenvalue weighted by molar-refractivity contribution is -0.145. The Hall–Kier alpha value is -2.59. The van der Waals surface area contributed by atoms with Crippen LogP contribution in [-0.2, 0) is 25.6 Å². The molecule has 1 aromatic rings. The number of nitrogens with zero attached hydrogens (tertiary/aromatic N) is 2. The lowest BCUT2D eigenvalue weighted by Gasteiger charge is -2.32. The van der Waals surface area contributed by atoms with Crippen molar-refractivity contribution in [1.29, 1.82) is 0 Å². The van der Waals surface area contributed by atoms with E-state index in [0.29, 0.717) is 44.5 Å². The zero-order valence-corrected chi connectivity index (χ0v) is 22.2. The van der Waals surface area contributed by atoms with Gasteiger partial charge in [0.1, 0.15) is 18.1 Å². The molecule has 0 spiro atoms. The second kappa shape index (κ2) is 12.6. The third-order valence-electron chi connectivity index (χ3n) is 7.03. The molecule has 0 bridgehead atoms. The molecule has 0 aliphatic carbocycles. The molecule has 5 N–H and O–H groups in total. The summed E-state index contributed by atoms with van der Waals surface area (Å²) in [6.45, 7) is 4.85. The number of hydrogen-bond acceptors (Lipinski definition) is 6. The van der Waals surface area contributed by atoms with Gasteiger partial charge in [0.05, 0.1) is 6.04 Å². The average molecular weight is 518 g/mol. The van der Waals surface area contributed by atoms with Crippen LogP contribution in [0.1, 0.15) is 38.7 Å². The van der Waals surface area contributed by atoms with E-state index in [-0.39, 0.29) is 29.6 Å².